The summed E-state index contributed by atoms with van der Waals surface area (Å²) in [6, 6.07) is 12.6. The number of hydrogen-bond donors (Lipinski definition) is 0. The molecule has 1 aliphatic rings. The number of halogens is 1. The number of para-hydroxylation sites is 1. The van der Waals surface area contributed by atoms with Gasteiger partial charge in [0.05, 0.1) is 21.3 Å². The van der Waals surface area contributed by atoms with Gasteiger partial charge in [0.1, 0.15) is 0 Å². The van der Waals surface area contributed by atoms with E-state index in [1.165, 1.54) is 16.3 Å². The van der Waals surface area contributed by atoms with Gasteiger partial charge in [0.2, 0.25) is 0 Å². The summed E-state index contributed by atoms with van der Waals surface area (Å²) in [5.41, 5.74) is 3.56. The van der Waals surface area contributed by atoms with Crippen molar-refractivity contribution in [2.75, 3.05) is 11.9 Å². The highest BCUT2D eigenvalue weighted by Crippen LogP contribution is 2.50. The molecular weight excluding hydrogens is 250 g/mol. The molecule has 1 aliphatic heterocycles. The van der Waals surface area contributed by atoms with Crippen LogP contribution < -0.4 is 4.90 Å². The molecule has 2 aromatic rings. The second-order valence-electron chi connectivity index (χ2n) is 4.17. The summed E-state index contributed by atoms with van der Waals surface area (Å²) in [6.45, 7) is 2.05. The minimum Gasteiger partial charge on any atom is -0.343 e. The molecule has 0 aromatic heterocycles. The molecule has 0 fully saturated rings. The first-order valence-electron chi connectivity index (χ1n) is 5.48. The summed E-state index contributed by atoms with van der Waals surface area (Å²) in [4.78, 5) is 4.62. The van der Waals surface area contributed by atoms with Crippen molar-refractivity contribution in [3.05, 3.63) is 47.0 Å². The summed E-state index contributed by atoms with van der Waals surface area (Å²) in [6.07, 6.45) is 0. The van der Waals surface area contributed by atoms with Crippen molar-refractivity contribution in [3.63, 3.8) is 0 Å². The second-order valence-corrected chi connectivity index (χ2v) is 5.60. The molecule has 3 heteroatoms. The van der Waals surface area contributed by atoms with Crippen molar-refractivity contribution in [2.24, 2.45) is 0 Å². The lowest BCUT2D eigenvalue weighted by Gasteiger charge is -2.30. The fourth-order valence-corrected chi connectivity index (χ4v) is 3.58. The zero-order valence-electron chi connectivity index (χ0n) is 9.70. The first-order valence-corrected chi connectivity index (χ1v) is 6.67. The molecule has 86 valence electrons. The molecule has 0 bridgehead atoms. The molecule has 0 aliphatic carbocycles. The topological polar surface area (TPSA) is 3.24 Å². The Morgan fingerprint density at radius 3 is 2.65 bits per heavy atom. The SMILES string of the molecule is Cc1ccc2c(c1Cl)Sc1ccccc1N2C. The second kappa shape index (κ2) is 3.97. The van der Waals surface area contributed by atoms with Gasteiger partial charge in [-0.15, -0.1) is 0 Å². The van der Waals surface area contributed by atoms with Gasteiger partial charge in [-0.05, 0) is 30.7 Å². The van der Waals surface area contributed by atoms with E-state index in [0.29, 0.717) is 0 Å². The van der Waals surface area contributed by atoms with Gasteiger partial charge in [0.15, 0.2) is 0 Å². The van der Waals surface area contributed by atoms with Crippen LogP contribution in [0.3, 0.4) is 0 Å². The molecule has 0 unspecified atom stereocenters. The Labute approximate surface area is 110 Å². The van der Waals surface area contributed by atoms with Crippen molar-refractivity contribution in [2.45, 2.75) is 16.7 Å². The molecule has 2 aromatic carbocycles. The summed E-state index contributed by atoms with van der Waals surface area (Å²) in [5.74, 6) is 0. The number of rotatable bonds is 0. The first kappa shape index (κ1) is 11.0. The van der Waals surface area contributed by atoms with E-state index in [2.05, 4.69) is 48.3 Å². The van der Waals surface area contributed by atoms with Gasteiger partial charge >= 0.3 is 0 Å². The highest BCUT2D eigenvalue weighted by molar-refractivity contribution is 7.99. The number of benzene rings is 2. The van der Waals surface area contributed by atoms with Gasteiger partial charge in [-0.1, -0.05) is 41.6 Å². The molecule has 1 heterocycles. The molecule has 0 spiro atoms. The van der Waals surface area contributed by atoms with Crippen LogP contribution in [0.5, 0.6) is 0 Å². The maximum Gasteiger partial charge on any atom is 0.0595 e. The largest absolute Gasteiger partial charge is 0.343 e. The van der Waals surface area contributed by atoms with E-state index in [1.54, 1.807) is 11.8 Å². The van der Waals surface area contributed by atoms with Crippen LogP contribution >= 0.6 is 23.4 Å². The zero-order valence-corrected chi connectivity index (χ0v) is 11.3. The average Bonchev–Trinajstić information content (AvgIpc) is 2.35. The summed E-state index contributed by atoms with van der Waals surface area (Å²) in [7, 11) is 2.09. The summed E-state index contributed by atoms with van der Waals surface area (Å²) < 4.78 is 0. The third-order valence-electron chi connectivity index (χ3n) is 3.07. The van der Waals surface area contributed by atoms with E-state index in [9.17, 15) is 0 Å². The smallest absolute Gasteiger partial charge is 0.0595 e. The minimum absolute atomic E-state index is 0.869. The molecule has 0 atom stereocenters. The number of fused-ring (bicyclic) bond motifs is 2. The maximum atomic E-state index is 6.40. The highest BCUT2D eigenvalue weighted by atomic mass is 35.5. The lowest BCUT2D eigenvalue weighted by molar-refractivity contribution is 1.11. The predicted molar refractivity (Wildman–Crippen MR) is 74.8 cm³/mol. The van der Waals surface area contributed by atoms with E-state index in [4.69, 9.17) is 11.6 Å². The van der Waals surface area contributed by atoms with Crippen LogP contribution in [0.2, 0.25) is 5.02 Å². The monoisotopic (exact) mass is 261 g/mol. The number of nitrogens with zero attached hydrogens (tertiary/aromatic N) is 1. The number of hydrogen-bond acceptors (Lipinski definition) is 2. The number of anilines is 2. The molecule has 1 nitrogen and oxygen atoms in total. The van der Waals surface area contributed by atoms with E-state index in [0.717, 1.165) is 15.5 Å². The molecule has 0 saturated heterocycles. The molecular formula is C14H12ClNS. The van der Waals surface area contributed by atoms with Crippen molar-refractivity contribution in [3.8, 4) is 0 Å². The van der Waals surface area contributed by atoms with Crippen LogP contribution in [0.15, 0.2) is 46.2 Å². The maximum absolute atomic E-state index is 6.40. The lowest BCUT2D eigenvalue weighted by Crippen LogP contribution is -2.14. The van der Waals surface area contributed by atoms with Crippen LogP contribution in [0.25, 0.3) is 0 Å². The van der Waals surface area contributed by atoms with Crippen LogP contribution in [-0.4, -0.2) is 7.05 Å². The van der Waals surface area contributed by atoms with Gasteiger partial charge < -0.3 is 4.90 Å². The Hall–Kier alpha value is -1.12. The quantitative estimate of drug-likeness (QED) is 0.665. The molecule has 0 amide bonds. The van der Waals surface area contributed by atoms with Crippen molar-refractivity contribution in [1.82, 2.24) is 0 Å². The zero-order chi connectivity index (χ0) is 12.0. The van der Waals surface area contributed by atoms with Gasteiger partial charge in [0.25, 0.3) is 0 Å². The molecule has 0 radical (unpaired) electrons. The Balaban J connectivity index is 2.23. The Morgan fingerprint density at radius 2 is 1.82 bits per heavy atom. The Morgan fingerprint density at radius 1 is 1.06 bits per heavy atom. The fraction of sp³-hybridized carbons (Fsp3) is 0.143. The summed E-state index contributed by atoms with van der Waals surface area (Å²) in [5, 5.41) is 0.869. The van der Waals surface area contributed by atoms with Gasteiger partial charge in [-0.25, -0.2) is 0 Å². The lowest BCUT2D eigenvalue weighted by atomic mass is 10.2. The van der Waals surface area contributed by atoms with Crippen molar-refractivity contribution in [1.29, 1.82) is 0 Å². The third-order valence-corrected chi connectivity index (χ3v) is 4.85. The van der Waals surface area contributed by atoms with Crippen molar-refractivity contribution < 1.29 is 0 Å². The van der Waals surface area contributed by atoms with Crippen LogP contribution in [0, 0.1) is 6.92 Å². The predicted octanol–water partition coefficient (Wildman–Crippen LogP) is 4.88. The van der Waals surface area contributed by atoms with E-state index < -0.39 is 0 Å². The Kier molecular flexibility index (Phi) is 2.57. The van der Waals surface area contributed by atoms with Gasteiger partial charge in [0, 0.05) is 11.9 Å². The molecule has 3 rings (SSSR count). The normalized spacial score (nSPS) is 13.2. The van der Waals surface area contributed by atoms with Crippen LogP contribution in [-0.2, 0) is 0 Å². The molecule has 17 heavy (non-hydrogen) atoms. The van der Waals surface area contributed by atoms with Gasteiger partial charge in [-0.3, -0.25) is 0 Å². The van der Waals surface area contributed by atoms with E-state index >= 15 is 0 Å². The fourth-order valence-electron chi connectivity index (χ4n) is 2.07. The third kappa shape index (κ3) is 1.63. The molecule has 0 saturated carbocycles. The summed E-state index contributed by atoms with van der Waals surface area (Å²) >= 11 is 8.15. The van der Waals surface area contributed by atoms with Crippen LogP contribution in [0.4, 0.5) is 11.4 Å². The molecule has 0 N–H and O–H groups in total. The number of aryl methyl sites for hydroxylation is 1. The first-order chi connectivity index (χ1) is 8.18. The van der Waals surface area contributed by atoms with Crippen LogP contribution in [0.1, 0.15) is 5.56 Å². The van der Waals surface area contributed by atoms with Gasteiger partial charge in [-0.2, -0.15) is 0 Å². The van der Waals surface area contributed by atoms with E-state index in [1.807, 2.05) is 6.92 Å². The Bertz CT molecular complexity index is 595. The van der Waals surface area contributed by atoms with E-state index in [-0.39, 0.29) is 0 Å². The minimum atomic E-state index is 0.869. The average molecular weight is 262 g/mol. The highest BCUT2D eigenvalue weighted by Gasteiger charge is 2.22. The van der Waals surface area contributed by atoms with Crippen molar-refractivity contribution >= 4 is 34.7 Å². The standard InChI is InChI=1S/C14H12ClNS/c1-9-7-8-11-14(13(9)15)17-12-6-4-3-5-10(12)16(11)2/h3-8H,1-2H3.